The molecule has 0 aromatic heterocycles. The summed E-state index contributed by atoms with van der Waals surface area (Å²) in [4.78, 5) is 0. The van der Waals surface area contributed by atoms with E-state index in [0.29, 0.717) is 12.3 Å². The second kappa shape index (κ2) is 3.31. The van der Waals surface area contributed by atoms with Gasteiger partial charge in [0.15, 0.2) is 0 Å². The normalized spacial score (nSPS) is 32.4. The maximum Gasteiger partial charge on any atom is 0.268 e. The Morgan fingerprint density at radius 2 is 2.00 bits per heavy atom. The van der Waals surface area contributed by atoms with Crippen LogP contribution in [0.4, 0.5) is 0 Å². The molecule has 0 spiro atoms. The van der Waals surface area contributed by atoms with E-state index in [9.17, 15) is 8.42 Å². The molecule has 0 bridgehead atoms. The quantitative estimate of drug-likeness (QED) is 0.802. The fourth-order valence-electron chi connectivity index (χ4n) is 2.99. The van der Waals surface area contributed by atoms with Crippen LogP contribution in [0.3, 0.4) is 0 Å². The minimum Gasteiger partial charge on any atom is -0.285 e. The van der Waals surface area contributed by atoms with Gasteiger partial charge in [-0.1, -0.05) is 24.3 Å². The monoisotopic (exact) mass is 238 g/mol. The Morgan fingerprint density at radius 1 is 1.25 bits per heavy atom. The Kier molecular flexibility index (Phi) is 2.13. The van der Waals surface area contributed by atoms with Gasteiger partial charge in [-0.15, -0.1) is 0 Å². The predicted octanol–water partition coefficient (Wildman–Crippen LogP) is 1.99. The van der Waals surface area contributed by atoms with E-state index >= 15 is 0 Å². The van der Waals surface area contributed by atoms with Crippen LogP contribution in [0.2, 0.25) is 0 Å². The largest absolute Gasteiger partial charge is 0.285 e. The molecule has 1 aromatic rings. The van der Waals surface area contributed by atoms with Crippen molar-refractivity contribution in [3.63, 3.8) is 0 Å². The van der Waals surface area contributed by atoms with Crippen molar-refractivity contribution in [1.29, 1.82) is 0 Å². The zero-order valence-corrected chi connectivity index (χ0v) is 9.65. The van der Waals surface area contributed by atoms with E-state index in [1.54, 1.807) is 0 Å². The summed E-state index contributed by atoms with van der Waals surface area (Å²) in [6.07, 6.45) is 2.68. The van der Waals surface area contributed by atoms with Crippen molar-refractivity contribution in [3.05, 3.63) is 35.4 Å². The lowest BCUT2D eigenvalue weighted by atomic mass is 9.96. The minimum atomic E-state index is -3.82. The summed E-state index contributed by atoms with van der Waals surface area (Å²) in [7, 11) is -3.82. The summed E-state index contributed by atoms with van der Waals surface area (Å²) in [5.41, 5.74) is 2.63. The number of rotatable bonds is 2. The zero-order valence-electron chi connectivity index (χ0n) is 8.83. The topological polar surface area (TPSA) is 54.4 Å². The molecular formula is C12H14O3S. The maximum atomic E-state index is 11.0. The fourth-order valence-corrected chi connectivity index (χ4v) is 4.09. The van der Waals surface area contributed by atoms with Crippen LogP contribution in [0.5, 0.6) is 0 Å². The van der Waals surface area contributed by atoms with E-state index in [-0.39, 0.29) is 5.92 Å². The molecule has 0 amide bonds. The molecule has 3 rings (SSSR count). The Labute approximate surface area is 95.2 Å². The first kappa shape index (κ1) is 10.3. The van der Waals surface area contributed by atoms with Gasteiger partial charge in [0.05, 0.1) is 5.25 Å². The molecule has 16 heavy (non-hydrogen) atoms. The van der Waals surface area contributed by atoms with E-state index in [1.165, 1.54) is 11.1 Å². The van der Waals surface area contributed by atoms with E-state index in [4.69, 9.17) is 4.55 Å². The van der Waals surface area contributed by atoms with Crippen LogP contribution < -0.4 is 0 Å². The lowest BCUT2D eigenvalue weighted by molar-refractivity contribution is 0.474. The van der Waals surface area contributed by atoms with Crippen molar-refractivity contribution in [3.8, 4) is 0 Å². The molecule has 0 radical (unpaired) electrons. The van der Waals surface area contributed by atoms with Gasteiger partial charge < -0.3 is 0 Å². The summed E-state index contributed by atoms with van der Waals surface area (Å²) in [5.74, 6) is 0.474. The Bertz CT molecular complexity index is 521. The number of benzene rings is 1. The lowest BCUT2D eigenvalue weighted by Crippen LogP contribution is -2.10. The van der Waals surface area contributed by atoms with E-state index in [0.717, 1.165) is 12.8 Å². The molecule has 1 fully saturated rings. The molecule has 0 saturated heterocycles. The molecule has 1 saturated carbocycles. The highest BCUT2D eigenvalue weighted by Gasteiger charge is 2.52. The highest BCUT2D eigenvalue weighted by Crippen LogP contribution is 2.51. The average Bonchev–Trinajstić information content (AvgIpc) is 2.92. The fraction of sp³-hybridized carbons (Fsp3) is 0.500. The molecular weight excluding hydrogens is 224 g/mol. The van der Waals surface area contributed by atoms with Gasteiger partial charge in [-0.25, -0.2) is 0 Å². The van der Waals surface area contributed by atoms with E-state index in [2.05, 4.69) is 12.1 Å². The molecule has 1 aromatic carbocycles. The third-order valence-corrected chi connectivity index (χ3v) is 5.16. The van der Waals surface area contributed by atoms with Crippen LogP contribution in [0, 0.1) is 5.92 Å². The summed E-state index contributed by atoms with van der Waals surface area (Å²) in [5, 5.41) is -0.511. The van der Waals surface area contributed by atoms with Gasteiger partial charge >= 0.3 is 0 Å². The highest BCUT2D eigenvalue weighted by atomic mass is 32.2. The summed E-state index contributed by atoms with van der Waals surface area (Å²) in [6, 6.07) is 8.23. The highest BCUT2D eigenvalue weighted by molar-refractivity contribution is 7.86. The van der Waals surface area contributed by atoms with Crippen molar-refractivity contribution in [2.75, 3.05) is 0 Å². The van der Waals surface area contributed by atoms with Gasteiger partial charge in [0.2, 0.25) is 0 Å². The summed E-state index contributed by atoms with van der Waals surface area (Å²) < 4.78 is 31.1. The smallest absolute Gasteiger partial charge is 0.268 e. The van der Waals surface area contributed by atoms with Crippen molar-refractivity contribution in [2.45, 2.75) is 30.4 Å². The summed E-state index contributed by atoms with van der Waals surface area (Å²) in [6.45, 7) is 0. The third-order valence-electron chi connectivity index (χ3n) is 3.86. The van der Waals surface area contributed by atoms with Crippen molar-refractivity contribution < 1.29 is 13.0 Å². The molecule has 4 heteroatoms. The number of hydrogen-bond donors (Lipinski definition) is 1. The molecule has 0 aliphatic heterocycles. The van der Waals surface area contributed by atoms with Crippen molar-refractivity contribution in [1.82, 2.24) is 0 Å². The van der Waals surface area contributed by atoms with Gasteiger partial charge in [0.25, 0.3) is 10.1 Å². The SMILES string of the molecule is O=S(=O)(O)C1CC1C1CCc2ccccc21. The van der Waals surface area contributed by atoms with Gasteiger partial charge in [-0.2, -0.15) is 8.42 Å². The van der Waals surface area contributed by atoms with Gasteiger partial charge in [-0.05, 0) is 42.2 Å². The van der Waals surface area contributed by atoms with E-state index < -0.39 is 15.4 Å². The first-order valence-electron chi connectivity index (χ1n) is 5.61. The van der Waals surface area contributed by atoms with Gasteiger partial charge in [0, 0.05) is 0 Å². The zero-order chi connectivity index (χ0) is 11.3. The molecule has 1 N–H and O–H groups in total. The van der Waals surface area contributed by atoms with Gasteiger partial charge in [0.1, 0.15) is 0 Å². The first-order valence-corrected chi connectivity index (χ1v) is 7.12. The maximum absolute atomic E-state index is 11.0. The lowest BCUT2D eigenvalue weighted by Gasteiger charge is -2.10. The Balaban J connectivity index is 1.86. The first-order chi connectivity index (χ1) is 7.57. The average molecular weight is 238 g/mol. The van der Waals surface area contributed by atoms with Crippen LogP contribution in [0.15, 0.2) is 24.3 Å². The van der Waals surface area contributed by atoms with Crippen LogP contribution in [-0.4, -0.2) is 18.2 Å². The molecule has 3 atom stereocenters. The van der Waals surface area contributed by atoms with Crippen LogP contribution in [-0.2, 0) is 16.5 Å². The molecule has 3 unspecified atom stereocenters. The van der Waals surface area contributed by atoms with Gasteiger partial charge in [-0.3, -0.25) is 4.55 Å². The predicted molar refractivity (Wildman–Crippen MR) is 60.9 cm³/mol. The summed E-state index contributed by atoms with van der Waals surface area (Å²) >= 11 is 0. The van der Waals surface area contributed by atoms with Crippen molar-refractivity contribution >= 4 is 10.1 Å². The van der Waals surface area contributed by atoms with Crippen LogP contribution in [0.1, 0.15) is 29.9 Å². The number of fused-ring (bicyclic) bond motifs is 1. The Hall–Kier alpha value is -0.870. The van der Waals surface area contributed by atoms with Crippen LogP contribution in [0.25, 0.3) is 0 Å². The van der Waals surface area contributed by atoms with Crippen LogP contribution >= 0.6 is 0 Å². The standard InChI is InChI=1S/C12H14O3S/c13-16(14,15)12-7-11(12)10-6-5-8-3-1-2-4-9(8)10/h1-4,10-12H,5-7H2,(H,13,14,15). The second-order valence-corrected chi connectivity index (χ2v) is 6.43. The van der Waals surface area contributed by atoms with E-state index in [1.807, 2.05) is 12.1 Å². The molecule has 3 nitrogen and oxygen atoms in total. The second-order valence-electron chi connectivity index (χ2n) is 4.80. The van der Waals surface area contributed by atoms with Crippen molar-refractivity contribution in [2.24, 2.45) is 5.92 Å². The third kappa shape index (κ3) is 1.57. The molecule has 2 aliphatic rings. The molecule has 2 aliphatic carbocycles. The number of hydrogen-bond acceptors (Lipinski definition) is 2. The molecule has 0 heterocycles. The minimum absolute atomic E-state index is 0.138. The molecule has 86 valence electrons. The Morgan fingerprint density at radius 3 is 2.69 bits per heavy atom. The number of aryl methyl sites for hydroxylation is 1.